The lowest BCUT2D eigenvalue weighted by Crippen LogP contribution is -2.33. The first-order valence-corrected chi connectivity index (χ1v) is 19.4. The minimum absolute atomic E-state index is 0.104. The largest absolute Gasteiger partial charge is 0.494 e. The lowest BCUT2D eigenvalue weighted by Gasteiger charge is -2.20. The lowest BCUT2D eigenvalue weighted by molar-refractivity contribution is 0.0513. The lowest BCUT2D eigenvalue weighted by atomic mass is 9.84. The molecule has 15 heteroatoms. The standard InChI is InChI=1S/C44H57N3O12/c1-10-13-32(28-14-18-30(19-15-28)56-24-11-22-45-41(52)58-43(2,3)4)37(48)33-26-36(40(51)55-9)34(27-35(33)39(50)54-8)38(49)47-29-16-20-31(21-17-29)57-25-12-23-46-42(53)59-44(5,6)7/h14-21,26-27,32H,10-13,22-25H2,1-9H3,(H,45,52)(H,46,53)(H,47,49). The minimum atomic E-state index is -0.889. The predicted octanol–water partition coefficient (Wildman–Crippen LogP) is 7.87. The van der Waals surface area contributed by atoms with Gasteiger partial charge in [0.15, 0.2) is 5.78 Å². The SMILES string of the molecule is CCCC(C(=O)c1cc(C(=O)OC)c(C(=O)Nc2ccc(OCCCNC(=O)OC(C)(C)C)cc2)cc1C(=O)OC)c1ccc(OCCCNC(=O)OC(C)(C)C)cc1. The third-order valence-corrected chi connectivity index (χ3v) is 8.28. The second kappa shape index (κ2) is 22.1. The topological polar surface area (TPSA) is 194 Å². The van der Waals surface area contributed by atoms with Crippen molar-refractivity contribution < 1.29 is 57.2 Å². The second-order valence-electron chi connectivity index (χ2n) is 15.4. The molecular formula is C44H57N3O12. The number of hydrogen-bond acceptors (Lipinski definition) is 12. The van der Waals surface area contributed by atoms with E-state index in [1.54, 1.807) is 90.1 Å². The van der Waals surface area contributed by atoms with Gasteiger partial charge in [-0.2, -0.15) is 0 Å². The summed E-state index contributed by atoms with van der Waals surface area (Å²) in [6, 6.07) is 15.8. The summed E-state index contributed by atoms with van der Waals surface area (Å²) in [6.45, 7) is 14.0. The average molecular weight is 820 g/mol. The van der Waals surface area contributed by atoms with Crippen LogP contribution in [-0.4, -0.2) is 87.5 Å². The fraction of sp³-hybridized carbons (Fsp3) is 0.455. The highest BCUT2D eigenvalue weighted by atomic mass is 16.6. The smallest absolute Gasteiger partial charge is 0.407 e. The number of ketones is 1. The number of anilines is 1. The monoisotopic (exact) mass is 819 g/mol. The first-order chi connectivity index (χ1) is 27.8. The van der Waals surface area contributed by atoms with Crippen molar-refractivity contribution in [2.75, 3.05) is 45.8 Å². The average Bonchev–Trinajstić information content (AvgIpc) is 3.17. The third kappa shape index (κ3) is 15.6. The summed E-state index contributed by atoms with van der Waals surface area (Å²) < 4.78 is 32.0. The number of ether oxygens (including phenoxy) is 6. The van der Waals surface area contributed by atoms with E-state index in [4.69, 9.17) is 28.4 Å². The molecule has 0 aliphatic carbocycles. The third-order valence-electron chi connectivity index (χ3n) is 8.28. The quantitative estimate of drug-likeness (QED) is 0.0459. The van der Waals surface area contributed by atoms with Gasteiger partial charge in [0, 0.05) is 30.3 Å². The number of rotatable bonds is 19. The summed E-state index contributed by atoms with van der Waals surface area (Å²) in [4.78, 5) is 78.0. The molecule has 3 rings (SSSR count). The molecular weight excluding hydrogens is 762 g/mol. The maximum atomic E-state index is 14.3. The Bertz CT molecular complexity index is 1910. The fourth-order valence-corrected chi connectivity index (χ4v) is 5.64. The highest BCUT2D eigenvalue weighted by molar-refractivity contribution is 6.16. The molecule has 3 amide bonds. The number of methoxy groups -OCH3 is 2. The van der Waals surface area contributed by atoms with Crippen molar-refractivity contribution in [3.8, 4) is 11.5 Å². The van der Waals surface area contributed by atoms with Crippen LogP contribution in [0.4, 0.5) is 15.3 Å². The number of esters is 2. The fourth-order valence-electron chi connectivity index (χ4n) is 5.64. The van der Waals surface area contributed by atoms with Crippen molar-refractivity contribution in [2.45, 2.75) is 91.3 Å². The number of carbonyl (C=O) groups excluding carboxylic acids is 6. The molecule has 3 aromatic rings. The van der Waals surface area contributed by atoms with E-state index < -0.39 is 52.9 Å². The Morgan fingerprint density at radius 2 is 1.05 bits per heavy atom. The number of carbonyl (C=O) groups is 6. The Hall–Kier alpha value is -6.12. The van der Waals surface area contributed by atoms with Crippen LogP contribution in [0.2, 0.25) is 0 Å². The first-order valence-electron chi connectivity index (χ1n) is 19.4. The Labute approximate surface area is 345 Å². The van der Waals surface area contributed by atoms with Crippen LogP contribution in [0.3, 0.4) is 0 Å². The maximum Gasteiger partial charge on any atom is 0.407 e. The van der Waals surface area contributed by atoms with Crippen molar-refractivity contribution >= 4 is 41.5 Å². The van der Waals surface area contributed by atoms with Gasteiger partial charge in [0.25, 0.3) is 5.91 Å². The Kier molecular flexibility index (Phi) is 17.7. The van der Waals surface area contributed by atoms with Crippen molar-refractivity contribution in [3.63, 3.8) is 0 Å². The molecule has 0 aliphatic heterocycles. The van der Waals surface area contributed by atoms with Crippen LogP contribution >= 0.6 is 0 Å². The van der Waals surface area contributed by atoms with E-state index in [0.717, 1.165) is 14.2 Å². The number of benzene rings is 3. The van der Waals surface area contributed by atoms with Gasteiger partial charge in [-0.25, -0.2) is 19.2 Å². The Balaban J connectivity index is 1.75. The summed E-state index contributed by atoms with van der Waals surface area (Å²) in [7, 11) is 2.30. The molecule has 0 radical (unpaired) electrons. The van der Waals surface area contributed by atoms with Gasteiger partial charge in [-0.15, -0.1) is 0 Å². The van der Waals surface area contributed by atoms with Gasteiger partial charge >= 0.3 is 24.1 Å². The molecule has 0 aliphatic rings. The van der Waals surface area contributed by atoms with Gasteiger partial charge in [-0.1, -0.05) is 25.5 Å². The van der Waals surface area contributed by atoms with Gasteiger partial charge < -0.3 is 44.4 Å². The highest BCUT2D eigenvalue weighted by Gasteiger charge is 2.31. The van der Waals surface area contributed by atoms with Crippen LogP contribution in [0.5, 0.6) is 11.5 Å². The van der Waals surface area contributed by atoms with Gasteiger partial charge in [0.05, 0.1) is 44.1 Å². The predicted molar refractivity (Wildman–Crippen MR) is 221 cm³/mol. The molecule has 1 unspecified atom stereocenters. The summed E-state index contributed by atoms with van der Waals surface area (Å²) >= 11 is 0. The van der Waals surface area contributed by atoms with Crippen LogP contribution in [0.1, 0.15) is 127 Å². The molecule has 0 saturated heterocycles. The van der Waals surface area contributed by atoms with Crippen molar-refractivity contribution in [1.82, 2.24) is 10.6 Å². The van der Waals surface area contributed by atoms with Crippen LogP contribution in [-0.2, 0) is 18.9 Å². The molecule has 0 saturated carbocycles. The Morgan fingerprint density at radius 3 is 1.49 bits per heavy atom. The maximum absolute atomic E-state index is 14.3. The van der Waals surface area contributed by atoms with Crippen molar-refractivity contribution in [2.24, 2.45) is 0 Å². The van der Waals surface area contributed by atoms with E-state index in [1.165, 1.54) is 12.1 Å². The molecule has 1 atom stereocenters. The molecule has 15 nitrogen and oxygen atoms in total. The molecule has 0 bridgehead atoms. The van der Waals surface area contributed by atoms with Gasteiger partial charge in [0.2, 0.25) is 0 Å². The second-order valence-corrected chi connectivity index (χ2v) is 15.4. The number of hydrogen-bond donors (Lipinski definition) is 3. The number of amides is 3. The molecule has 0 aromatic heterocycles. The van der Waals surface area contributed by atoms with Crippen molar-refractivity contribution in [1.29, 1.82) is 0 Å². The van der Waals surface area contributed by atoms with Crippen LogP contribution < -0.4 is 25.4 Å². The molecule has 3 N–H and O–H groups in total. The highest BCUT2D eigenvalue weighted by Crippen LogP contribution is 2.31. The van der Waals surface area contributed by atoms with E-state index in [-0.39, 0.29) is 22.3 Å². The van der Waals surface area contributed by atoms with E-state index in [1.807, 2.05) is 6.92 Å². The van der Waals surface area contributed by atoms with Gasteiger partial charge in [-0.05, 0) is 115 Å². The summed E-state index contributed by atoms with van der Waals surface area (Å²) in [5.41, 5.74) is -0.904. The zero-order chi connectivity index (χ0) is 43.8. The molecule has 0 fully saturated rings. The number of alkyl carbamates (subject to hydrolysis) is 2. The number of nitrogens with one attached hydrogen (secondary N) is 3. The zero-order valence-corrected chi connectivity index (χ0v) is 35.4. The van der Waals surface area contributed by atoms with Crippen LogP contribution in [0.15, 0.2) is 60.7 Å². The van der Waals surface area contributed by atoms with E-state index in [2.05, 4.69) is 16.0 Å². The van der Waals surface area contributed by atoms with Crippen LogP contribution in [0, 0.1) is 0 Å². The van der Waals surface area contributed by atoms with Gasteiger partial charge in [0.1, 0.15) is 22.7 Å². The Morgan fingerprint density at radius 1 is 0.610 bits per heavy atom. The summed E-state index contributed by atoms with van der Waals surface area (Å²) in [5, 5.41) is 8.06. The zero-order valence-electron chi connectivity index (χ0n) is 35.4. The van der Waals surface area contributed by atoms with Gasteiger partial charge in [-0.3, -0.25) is 9.59 Å². The molecule has 0 spiro atoms. The summed E-state index contributed by atoms with van der Waals surface area (Å²) in [5.74, 6) is -2.61. The first kappa shape index (κ1) is 47.3. The van der Waals surface area contributed by atoms with E-state index >= 15 is 0 Å². The molecule has 59 heavy (non-hydrogen) atoms. The molecule has 320 valence electrons. The van der Waals surface area contributed by atoms with E-state index in [0.29, 0.717) is 74.7 Å². The minimum Gasteiger partial charge on any atom is -0.494 e. The normalized spacial score (nSPS) is 11.7. The summed E-state index contributed by atoms with van der Waals surface area (Å²) in [6.07, 6.45) is 1.07. The molecule has 3 aromatic carbocycles. The van der Waals surface area contributed by atoms with Crippen molar-refractivity contribution in [3.05, 3.63) is 88.5 Å². The van der Waals surface area contributed by atoms with Crippen LogP contribution in [0.25, 0.3) is 0 Å². The number of Topliss-reactive ketones (excluding diaryl/α,β-unsaturated/α-hetero) is 1. The molecule has 0 heterocycles. The van der Waals surface area contributed by atoms with E-state index in [9.17, 15) is 28.8 Å².